The molecular formula is C14H19NO3. The first-order chi connectivity index (χ1) is 8.72. The predicted octanol–water partition coefficient (Wildman–Crippen LogP) is 2.05. The minimum atomic E-state index is -0.751. The molecular weight excluding hydrogens is 230 g/mol. The summed E-state index contributed by atoms with van der Waals surface area (Å²) < 4.78 is 5.61. The number of carboxylic acid groups (broad SMARTS) is 1. The maximum absolute atomic E-state index is 10.7. The summed E-state index contributed by atoms with van der Waals surface area (Å²) in [6.07, 6.45) is 0.173. The Balaban J connectivity index is 2.14. The quantitative estimate of drug-likeness (QED) is 0.867. The van der Waals surface area contributed by atoms with E-state index >= 15 is 0 Å². The molecule has 1 aliphatic heterocycles. The lowest BCUT2D eigenvalue weighted by molar-refractivity contribution is -0.137. The van der Waals surface area contributed by atoms with Crippen LogP contribution in [0.5, 0.6) is 0 Å². The Morgan fingerprint density at radius 2 is 2.28 bits per heavy atom. The fraction of sp³-hybridized carbons (Fsp3) is 0.500. The molecule has 18 heavy (non-hydrogen) atoms. The Morgan fingerprint density at radius 3 is 3.00 bits per heavy atom. The van der Waals surface area contributed by atoms with Crippen LogP contribution in [0, 0.1) is 0 Å². The van der Waals surface area contributed by atoms with Crippen LogP contribution in [-0.2, 0) is 16.1 Å². The molecule has 1 aliphatic rings. The second-order valence-electron chi connectivity index (χ2n) is 4.50. The van der Waals surface area contributed by atoms with Crippen LogP contribution in [-0.4, -0.2) is 35.7 Å². The second-order valence-corrected chi connectivity index (χ2v) is 4.50. The van der Waals surface area contributed by atoms with Gasteiger partial charge in [0.15, 0.2) is 0 Å². The summed E-state index contributed by atoms with van der Waals surface area (Å²) in [5.41, 5.74) is 2.48. The molecule has 0 aromatic heterocycles. The molecule has 1 atom stereocenters. The third kappa shape index (κ3) is 2.89. The molecule has 0 aliphatic carbocycles. The van der Waals surface area contributed by atoms with E-state index in [0.717, 1.165) is 6.54 Å². The van der Waals surface area contributed by atoms with Gasteiger partial charge < -0.3 is 9.84 Å². The van der Waals surface area contributed by atoms with Crippen molar-refractivity contribution in [2.24, 2.45) is 0 Å². The summed E-state index contributed by atoms with van der Waals surface area (Å²) in [7, 11) is 0. The molecule has 0 spiro atoms. The van der Waals surface area contributed by atoms with E-state index in [1.807, 2.05) is 12.1 Å². The molecule has 98 valence electrons. The van der Waals surface area contributed by atoms with Gasteiger partial charge in [-0.1, -0.05) is 31.2 Å². The molecule has 0 amide bonds. The average molecular weight is 249 g/mol. The van der Waals surface area contributed by atoms with Crippen molar-refractivity contribution >= 4 is 5.97 Å². The highest BCUT2D eigenvalue weighted by Crippen LogP contribution is 2.29. The van der Waals surface area contributed by atoms with E-state index in [2.05, 4.69) is 24.0 Å². The van der Waals surface area contributed by atoms with Gasteiger partial charge in [0.1, 0.15) is 0 Å². The van der Waals surface area contributed by atoms with Crippen molar-refractivity contribution < 1.29 is 14.6 Å². The van der Waals surface area contributed by atoms with Gasteiger partial charge in [-0.05, 0) is 17.7 Å². The lowest BCUT2D eigenvalue weighted by Gasteiger charge is -2.34. The van der Waals surface area contributed by atoms with Crippen LogP contribution in [0.25, 0.3) is 0 Å². The Kier molecular flexibility index (Phi) is 4.33. The lowest BCUT2D eigenvalue weighted by atomic mass is 9.97. The first-order valence-corrected chi connectivity index (χ1v) is 6.33. The molecule has 1 heterocycles. The van der Waals surface area contributed by atoms with Gasteiger partial charge in [-0.2, -0.15) is 0 Å². The van der Waals surface area contributed by atoms with Gasteiger partial charge in [-0.25, -0.2) is 0 Å². The monoisotopic (exact) mass is 249 g/mol. The zero-order valence-corrected chi connectivity index (χ0v) is 10.6. The number of hydrogen-bond donors (Lipinski definition) is 1. The molecule has 4 nitrogen and oxygen atoms in total. The molecule has 1 aromatic carbocycles. The molecule has 2 rings (SSSR count). The van der Waals surface area contributed by atoms with Gasteiger partial charge in [0.25, 0.3) is 0 Å². The fourth-order valence-corrected chi connectivity index (χ4v) is 2.44. The number of aliphatic carboxylic acids is 1. The molecule has 0 saturated carbocycles. The van der Waals surface area contributed by atoms with Gasteiger partial charge in [0, 0.05) is 6.54 Å². The number of carboxylic acids is 1. The first kappa shape index (κ1) is 13.1. The third-order valence-corrected chi connectivity index (χ3v) is 3.41. The van der Waals surface area contributed by atoms with Crippen LogP contribution in [0.3, 0.4) is 0 Å². The van der Waals surface area contributed by atoms with Gasteiger partial charge in [0.05, 0.1) is 25.7 Å². The zero-order valence-electron chi connectivity index (χ0n) is 10.6. The SMILES string of the molecule is CCN(CCC(=O)O)C1COCc2ccccc21. The number of fused-ring (bicyclic) bond motifs is 1. The van der Waals surface area contributed by atoms with Crippen molar-refractivity contribution in [1.29, 1.82) is 0 Å². The molecule has 1 aromatic rings. The molecule has 0 saturated heterocycles. The van der Waals surface area contributed by atoms with Crippen LogP contribution in [0.1, 0.15) is 30.5 Å². The van der Waals surface area contributed by atoms with Crippen LogP contribution in [0.15, 0.2) is 24.3 Å². The summed E-state index contributed by atoms with van der Waals surface area (Å²) >= 11 is 0. The van der Waals surface area contributed by atoms with Crippen LogP contribution in [0.2, 0.25) is 0 Å². The minimum absolute atomic E-state index is 0.173. The van der Waals surface area contributed by atoms with Crippen LogP contribution >= 0.6 is 0 Å². The number of nitrogens with zero attached hydrogens (tertiary/aromatic N) is 1. The molecule has 0 fully saturated rings. The Bertz CT molecular complexity index is 419. The van der Waals surface area contributed by atoms with Crippen LogP contribution in [0.4, 0.5) is 0 Å². The number of ether oxygens (including phenoxy) is 1. The van der Waals surface area contributed by atoms with Crippen molar-refractivity contribution in [2.45, 2.75) is 26.0 Å². The van der Waals surface area contributed by atoms with Gasteiger partial charge in [-0.3, -0.25) is 9.69 Å². The van der Waals surface area contributed by atoms with Crippen molar-refractivity contribution in [1.82, 2.24) is 4.90 Å². The maximum Gasteiger partial charge on any atom is 0.304 e. The molecule has 0 bridgehead atoms. The van der Waals surface area contributed by atoms with Gasteiger partial charge in [0.2, 0.25) is 0 Å². The predicted molar refractivity (Wildman–Crippen MR) is 68.3 cm³/mol. The first-order valence-electron chi connectivity index (χ1n) is 6.33. The van der Waals surface area contributed by atoms with E-state index in [1.165, 1.54) is 11.1 Å². The molecule has 4 heteroatoms. The van der Waals surface area contributed by atoms with Crippen molar-refractivity contribution in [3.63, 3.8) is 0 Å². The summed E-state index contributed by atoms with van der Waals surface area (Å²) in [6, 6.07) is 8.41. The van der Waals surface area contributed by atoms with E-state index in [9.17, 15) is 4.79 Å². The van der Waals surface area contributed by atoms with E-state index in [1.54, 1.807) is 0 Å². The van der Waals surface area contributed by atoms with E-state index in [4.69, 9.17) is 9.84 Å². The van der Waals surface area contributed by atoms with Crippen molar-refractivity contribution in [3.05, 3.63) is 35.4 Å². The molecule has 0 radical (unpaired) electrons. The second kappa shape index (κ2) is 5.98. The van der Waals surface area contributed by atoms with E-state index in [0.29, 0.717) is 19.8 Å². The highest BCUT2D eigenvalue weighted by Gasteiger charge is 2.25. The number of likely N-dealkylation sites (N-methyl/N-ethyl adjacent to an activating group) is 1. The summed E-state index contributed by atoms with van der Waals surface area (Å²) in [5.74, 6) is -0.751. The van der Waals surface area contributed by atoms with Gasteiger partial charge >= 0.3 is 5.97 Å². The summed E-state index contributed by atoms with van der Waals surface area (Å²) in [5, 5.41) is 8.79. The van der Waals surface area contributed by atoms with E-state index in [-0.39, 0.29) is 12.5 Å². The largest absolute Gasteiger partial charge is 0.481 e. The summed E-state index contributed by atoms with van der Waals surface area (Å²) in [6.45, 7) is 4.75. The smallest absolute Gasteiger partial charge is 0.304 e. The summed E-state index contributed by atoms with van der Waals surface area (Å²) in [4.78, 5) is 12.9. The zero-order chi connectivity index (χ0) is 13.0. The van der Waals surface area contributed by atoms with Gasteiger partial charge in [-0.15, -0.1) is 0 Å². The maximum atomic E-state index is 10.7. The van der Waals surface area contributed by atoms with E-state index < -0.39 is 5.97 Å². The average Bonchev–Trinajstić information content (AvgIpc) is 2.39. The number of hydrogen-bond acceptors (Lipinski definition) is 3. The standard InChI is InChI=1S/C14H19NO3/c1-2-15(8-7-14(16)17)13-10-18-9-11-5-3-4-6-12(11)13/h3-6,13H,2,7-10H2,1H3,(H,16,17). The normalized spacial score (nSPS) is 18.7. The molecule has 1 unspecified atom stereocenters. The third-order valence-electron chi connectivity index (χ3n) is 3.41. The Labute approximate surface area is 107 Å². The highest BCUT2D eigenvalue weighted by atomic mass is 16.5. The molecule has 1 N–H and O–H groups in total. The number of carbonyl (C=O) groups is 1. The van der Waals surface area contributed by atoms with Crippen molar-refractivity contribution in [2.75, 3.05) is 19.7 Å². The van der Waals surface area contributed by atoms with Crippen LogP contribution < -0.4 is 0 Å². The Morgan fingerprint density at radius 1 is 1.50 bits per heavy atom. The Hall–Kier alpha value is -1.39. The fourth-order valence-electron chi connectivity index (χ4n) is 2.44. The number of rotatable bonds is 5. The highest BCUT2D eigenvalue weighted by molar-refractivity contribution is 5.66. The van der Waals surface area contributed by atoms with Crippen molar-refractivity contribution in [3.8, 4) is 0 Å². The topological polar surface area (TPSA) is 49.8 Å². The number of benzene rings is 1. The minimum Gasteiger partial charge on any atom is -0.481 e. The lowest BCUT2D eigenvalue weighted by Crippen LogP contribution is -2.36.